The number of aliphatic hydroxyl groups excluding tert-OH is 1. The van der Waals surface area contributed by atoms with Gasteiger partial charge in [-0.25, -0.2) is 4.98 Å². The molecule has 2 rings (SSSR count). The molecular formula is C11H19N3O. The van der Waals surface area contributed by atoms with Crippen LogP contribution in [0.4, 0.5) is 0 Å². The van der Waals surface area contributed by atoms with Crippen molar-refractivity contribution in [2.45, 2.75) is 39.0 Å². The summed E-state index contributed by atoms with van der Waals surface area (Å²) < 4.78 is 2.19. The van der Waals surface area contributed by atoms with Crippen molar-refractivity contribution in [2.75, 3.05) is 13.1 Å². The summed E-state index contributed by atoms with van der Waals surface area (Å²) >= 11 is 0. The van der Waals surface area contributed by atoms with E-state index in [1.54, 1.807) is 0 Å². The van der Waals surface area contributed by atoms with Crippen molar-refractivity contribution in [3.05, 3.63) is 18.2 Å². The van der Waals surface area contributed by atoms with Crippen LogP contribution in [-0.2, 0) is 6.54 Å². The Morgan fingerprint density at radius 3 is 3.00 bits per heavy atom. The van der Waals surface area contributed by atoms with E-state index < -0.39 is 0 Å². The summed E-state index contributed by atoms with van der Waals surface area (Å²) in [5, 5.41) is 9.44. The van der Waals surface area contributed by atoms with E-state index in [9.17, 15) is 5.11 Å². The maximum absolute atomic E-state index is 9.44. The van der Waals surface area contributed by atoms with Gasteiger partial charge in [-0.3, -0.25) is 4.90 Å². The number of hydrogen-bond acceptors (Lipinski definition) is 3. The molecule has 0 aliphatic carbocycles. The molecule has 1 aliphatic heterocycles. The highest BCUT2D eigenvalue weighted by Crippen LogP contribution is 2.14. The number of rotatable bonds is 3. The summed E-state index contributed by atoms with van der Waals surface area (Å²) in [7, 11) is 0. The first-order chi connectivity index (χ1) is 7.16. The van der Waals surface area contributed by atoms with Crippen molar-refractivity contribution in [3.8, 4) is 0 Å². The number of β-amino-alcohol motifs (C(OH)–C–C–N with tert-alkyl or cyclic N) is 1. The van der Waals surface area contributed by atoms with Crippen molar-refractivity contribution in [1.29, 1.82) is 0 Å². The van der Waals surface area contributed by atoms with Crippen LogP contribution in [0.1, 0.15) is 32.1 Å². The second-order valence-electron chi connectivity index (χ2n) is 4.52. The van der Waals surface area contributed by atoms with Crippen LogP contribution in [0.15, 0.2) is 12.4 Å². The molecule has 15 heavy (non-hydrogen) atoms. The molecule has 1 N–H and O–H groups in total. The Kier molecular flexibility index (Phi) is 3.07. The molecule has 1 fully saturated rings. The third-order valence-electron chi connectivity index (χ3n) is 2.92. The predicted molar refractivity (Wildman–Crippen MR) is 58.5 cm³/mol. The second-order valence-corrected chi connectivity index (χ2v) is 4.52. The minimum Gasteiger partial charge on any atom is -0.392 e. The van der Waals surface area contributed by atoms with Crippen molar-refractivity contribution in [2.24, 2.45) is 0 Å². The van der Waals surface area contributed by atoms with Crippen LogP contribution < -0.4 is 0 Å². The van der Waals surface area contributed by atoms with Gasteiger partial charge in [0.15, 0.2) is 0 Å². The van der Waals surface area contributed by atoms with Gasteiger partial charge in [-0.2, -0.15) is 0 Å². The quantitative estimate of drug-likeness (QED) is 0.808. The minimum atomic E-state index is -0.146. The lowest BCUT2D eigenvalue weighted by molar-refractivity contribution is 0.173. The standard InChI is InChI=1S/C11H19N3O/c1-9(2)14-6-4-12-11(14)8-13-5-3-10(15)7-13/h4,6,9-10,15H,3,5,7-8H2,1-2H3/t10-/m0/s1. The van der Waals surface area contributed by atoms with Crippen LogP contribution in [0.2, 0.25) is 0 Å². The molecule has 0 amide bonds. The Balaban J connectivity index is 2.01. The van der Waals surface area contributed by atoms with Gasteiger partial charge in [-0.1, -0.05) is 0 Å². The van der Waals surface area contributed by atoms with Gasteiger partial charge in [-0.15, -0.1) is 0 Å². The predicted octanol–water partition coefficient (Wildman–Crippen LogP) is 1.03. The van der Waals surface area contributed by atoms with E-state index in [2.05, 4.69) is 28.3 Å². The van der Waals surface area contributed by atoms with Crippen LogP contribution in [0.25, 0.3) is 0 Å². The van der Waals surface area contributed by atoms with E-state index in [0.717, 1.165) is 31.9 Å². The van der Waals surface area contributed by atoms with Crippen molar-refractivity contribution in [1.82, 2.24) is 14.5 Å². The van der Waals surface area contributed by atoms with Crippen LogP contribution in [0, 0.1) is 0 Å². The highest BCUT2D eigenvalue weighted by Gasteiger charge is 2.21. The molecule has 0 aromatic carbocycles. The molecule has 1 atom stereocenters. The fourth-order valence-corrected chi connectivity index (χ4v) is 2.09. The van der Waals surface area contributed by atoms with E-state index in [1.165, 1.54) is 0 Å². The fourth-order valence-electron chi connectivity index (χ4n) is 2.09. The van der Waals surface area contributed by atoms with Gasteiger partial charge in [-0.05, 0) is 20.3 Å². The summed E-state index contributed by atoms with van der Waals surface area (Å²) in [5.41, 5.74) is 0. The molecular weight excluding hydrogens is 190 g/mol. The summed E-state index contributed by atoms with van der Waals surface area (Å²) in [6.07, 6.45) is 4.61. The zero-order chi connectivity index (χ0) is 10.8. The Morgan fingerprint density at radius 1 is 1.60 bits per heavy atom. The molecule has 0 bridgehead atoms. The first kappa shape index (κ1) is 10.6. The third-order valence-corrected chi connectivity index (χ3v) is 2.92. The lowest BCUT2D eigenvalue weighted by Gasteiger charge is -2.17. The average molecular weight is 209 g/mol. The monoisotopic (exact) mass is 209 g/mol. The fraction of sp³-hybridized carbons (Fsp3) is 0.727. The van der Waals surface area contributed by atoms with Gasteiger partial charge in [0.1, 0.15) is 5.82 Å². The van der Waals surface area contributed by atoms with Gasteiger partial charge in [0, 0.05) is 31.5 Å². The molecule has 84 valence electrons. The number of aromatic nitrogens is 2. The number of hydrogen-bond donors (Lipinski definition) is 1. The van der Waals surface area contributed by atoms with Gasteiger partial charge >= 0.3 is 0 Å². The second kappa shape index (κ2) is 4.33. The zero-order valence-corrected chi connectivity index (χ0v) is 9.43. The SMILES string of the molecule is CC(C)n1ccnc1CN1CC[C@H](O)C1. The van der Waals surface area contributed by atoms with Gasteiger partial charge in [0.2, 0.25) is 0 Å². The third kappa shape index (κ3) is 2.38. The molecule has 0 saturated carbocycles. The van der Waals surface area contributed by atoms with E-state index >= 15 is 0 Å². The van der Waals surface area contributed by atoms with E-state index in [4.69, 9.17) is 0 Å². The summed E-state index contributed by atoms with van der Waals surface area (Å²) in [5.74, 6) is 1.10. The maximum atomic E-state index is 9.44. The Morgan fingerprint density at radius 2 is 2.40 bits per heavy atom. The smallest absolute Gasteiger partial charge is 0.123 e. The molecule has 0 unspecified atom stereocenters. The van der Waals surface area contributed by atoms with Crippen LogP contribution >= 0.6 is 0 Å². The zero-order valence-electron chi connectivity index (χ0n) is 9.43. The molecule has 1 aliphatic rings. The maximum Gasteiger partial charge on any atom is 0.123 e. The molecule has 1 saturated heterocycles. The summed E-state index contributed by atoms with van der Waals surface area (Å²) in [6.45, 7) is 6.92. The molecule has 2 heterocycles. The van der Waals surface area contributed by atoms with Crippen LogP contribution in [0.3, 0.4) is 0 Å². The molecule has 1 aromatic heterocycles. The first-order valence-corrected chi connectivity index (χ1v) is 5.59. The molecule has 4 heteroatoms. The number of nitrogens with zero attached hydrogens (tertiary/aromatic N) is 3. The Bertz CT molecular complexity index is 321. The van der Waals surface area contributed by atoms with Gasteiger partial charge in [0.05, 0.1) is 12.6 Å². The Hall–Kier alpha value is -0.870. The number of aliphatic hydroxyl groups is 1. The Labute approximate surface area is 90.5 Å². The van der Waals surface area contributed by atoms with Crippen molar-refractivity contribution in [3.63, 3.8) is 0 Å². The topological polar surface area (TPSA) is 41.3 Å². The molecule has 4 nitrogen and oxygen atoms in total. The lowest BCUT2D eigenvalue weighted by atomic mass is 10.3. The average Bonchev–Trinajstić information content (AvgIpc) is 2.75. The highest BCUT2D eigenvalue weighted by molar-refractivity contribution is 4.95. The van der Waals surface area contributed by atoms with Crippen molar-refractivity contribution >= 4 is 0 Å². The molecule has 1 aromatic rings. The van der Waals surface area contributed by atoms with E-state index in [1.807, 2.05) is 12.4 Å². The first-order valence-electron chi connectivity index (χ1n) is 5.59. The van der Waals surface area contributed by atoms with Gasteiger partial charge < -0.3 is 9.67 Å². The normalized spacial score (nSPS) is 22.8. The minimum absolute atomic E-state index is 0.146. The van der Waals surface area contributed by atoms with Gasteiger partial charge in [0.25, 0.3) is 0 Å². The van der Waals surface area contributed by atoms with Crippen LogP contribution in [-0.4, -0.2) is 38.8 Å². The van der Waals surface area contributed by atoms with Crippen LogP contribution in [0.5, 0.6) is 0 Å². The summed E-state index contributed by atoms with van der Waals surface area (Å²) in [4.78, 5) is 6.62. The molecule has 0 radical (unpaired) electrons. The lowest BCUT2D eigenvalue weighted by Crippen LogP contribution is -2.24. The summed E-state index contributed by atoms with van der Waals surface area (Å²) in [6, 6.07) is 0.454. The largest absolute Gasteiger partial charge is 0.392 e. The molecule has 0 spiro atoms. The number of imidazole rings is 1. The van der Waals surface area contributed by atoms with E-state index in [0.29, 0.717) is 6.04 Å². The highest BCUT2D eigenvalue weighted by atomic mass is 16.3. The van der Waals surface area contributed by atoms with Crippen molar-refractivity contribution < 1.29 is 5.11 Å². The number of likely N-dealkylation sites (tertiary alicyclic amines) is 1. The van der Waals surface area contributed by atoms with E-state index in [-0.39, 0.29) is 6.10 Å².